The SMILES string of the molecule is COc1c(Br)cc(CC(C(=O)Nc2cc(Br)c(O)c(Br)c2)C(=O)C(N)c2cccc(Cl)c2)cc1Br. The Kier molecular flexibility index (Phi) is 9.82. The van der Waals surface area contributed by atoms with Gasteiger partial charge in [0.15, 0.2) is 5.78 Å². The number of anilines is 1. The van der Waals surface area contributed by atoms with E-state index >= 15 is 0 Å². The predicted molar refractivity (Wildman–Crippen MR) is 151 cm³/mol. The number of nitrogens with two attached hydrogens (primary N) is 1. The number of ether oxygens (including phenoxy) is 1. The van der Waals surface area contributed by atoms with E-state index in [-0.39, 0.29) is 12.2 Å². The number of Topliss-reactive ketones (excluding diaryl/α,β-unsaturated/α-hetero) is 1. The van der Waals surface area contributed by atoms with Crippen LogP contribution in [0, 0.1) is 5.92 Å². The Morgan fingerprint density at radius 3 is 2.17 bits per heavy atom. The van der Waals surface area contributed by atoms with Gasteiger partial charge in [-0.25, -0.2) is 0 Å². The summed E-state index contributed by atoms with van der Waals surface area (Å²) < 4.78 is 7.44. The van der Waals surface area contributed by atoms with Gasteiger partial charge in [0.05, 0.1) is 31.0 Å². The minimum absolute atomic E-state index is 0.00784. The van der Waals surface area contributed by atoms with Crippen molar-refractivity contribution < 1.29 is 19.4 Å². The van der Waals surface area contributed by atoms with Gasteiger partial charge in [-0.05, 0) is 118 Å². The summed E-state index contributed by atoms with van der Waals surface area (Å²) in [5, 5.41) is 13.2. The molecule has 0 aliphatic heterocycles. The number of rotatable bonds is 8. The maximum absolute atomic E-state index is 13.5. The van der Waals surface area contributed by atoms with E-state index in [9.17, 15) is 14.7 Å². The lowest BCUT2D eigenvalue weighted by molar-refractivity contribution is -0.132. The minimum atomic E-state index is -1.12. The number of phenols is 1. The van der Waals surface area contributed by atoms with Gasteiger partial charge in [0.1, 0.15) is 17.4 Å². The number of halogens is 5. The number of methoxy groups -OCH3 is 1. The Labute approximate surface area is 241 Å². The van der Waals surface area contributed by atoms with Gasteiger partial charge in [0, 0.05) is 10.7 Å². The summed E-state index contributed by atoms with van der Waals surface area (Å²) in [6.07, 6.45) is 0.0839. The van der Waals surface area contributed by atoms with Crippen LogP contribution in [0.3, 0.4) is 0 Å². The van der Waals surface area contributed by atoms with Crippen molar-refractivity contribution in [3.63, 3.8) is 0 Å². The van der Waals surface area contributed by atoms with Crippen LogP contribution in [0.4, 0.5) is 5.69 Å². The highest BCUT2D eigenvalue weighted by atomic mass is 79.9. The van der Waals surface area contributed by atoms with Crippen molar-refractivity contribution in [2.45, 2.75) is 12.5 Å². The molecule has 0 saturated heterocycles. The maximum atomic E-state index is 13.5. The van der Waals surface area contributed by atoms with Crippen molar-refractivity contribution in [2.24, 2.45) is 11.7 Å². The van der Waals surface area contributed by atoms with Crippen molar-refractivity contribution in [1.82, 2.24) is 0 Å². The van der Waals surface area contributed by atoms with Gasteiger partial charge in [-0.1, -0.05) is 23.7 Å². The quantitative estimate of drug-likeness (QED) is 0.167. The van der Waals surface area contributed by atoms with Crippen LogP contribution >= 0.6 is 75.3 Å². The first kappa shape index (κ1) is 28.1. The molecule has 0 aliphatic rings. The number of hydrogen-bond acceptors (Lipinski definition) is 5. The van der Waals surface area contributed by atoms with E-state index < -0.39 is 23.7 Å². The number of carbonyl (C=O) groups excluding carboxylic acids is 2. The predicted octanol–water partition coefficient (Wildman–Crippen LogP) is 7.17. The second-order valence-corrected chi connectivity index (χ2v) is 11.4. The zero-order valence-electron chi connectivity index (χ0n) is 18.1. The van der Waals surface area contributed by atoms with Crippen LogP contribution in [0.5, 0.6) is 11.5 Å². The van der Waals surface area contributed by atoms with Crippen molar-refractivity contribution >= 4 is 92.7 Å². The van der Waals surface area contributed by atoms with E-state index in [0.29, 0.717) is 45.5 Å². The van der Waals surface area contributed by atoms with E-state index in [4.69, 9.17) is 22.1 Å². The molecule has 0 aromatic heterocycles. The molecule has 0 radical (unpaired) electrons. The number of carbonyl (C=O) groups is 2. The molecule has 0 heterocycles. The molecule has 0 fully saturated rings. The number of hydrogen-bond donors (Lipinski definition) is 3. The molecule has 0 saturated carbocycles. The fourth-order valence-corrected chi connectivity index (χ4v) is 6.42. The van der Waals surface area contributed by atoms with Crippen molar-refractivity contribution in [1.29, 1.82) is 0 Å². The zero-order valence-corrected chi connectivity index (χ0v) is 25.2. The van der Waals surface area contributed by atoms with E-state index in [1.165, 1.54) is 12.1 Å². The Morgan fingerprint density at radius 2 is 1.63 bits per heavy atom. The molecule has 6 nitrogen and oxygen atoms in total. The minimum Gasteiger partial charge on any atom is -0.506 e. The standard InChI is InChI=1S/C24H19Br4ClN2O4/c1-35-23-18(27)6-11(7-19(23)28)5-15(21(32)20(30)12-3-2-4-13(29)8-12)24(34)31-14-9-16(25)22(33)17(26)10-14/h2-4,6-10,15,20,33H,5,30H2,1H3,(H,31,34). The molecular weight excluding hydrogens is 735 g/mol. The first-order chi connectivity index (χ1) is 16.5. The average Bonchev–Trinajstić information content (AvgIpc) is 2.79. The van der Waals surface area contributed by atoms with Crippen molar-refractivity contribution in [3.05, 3.63) is 82.6 Å². The van der Waals surface area contributed by atoms with Gasteiger partial charge >= 0.3 is 0 Å². The lowest BCUT2D eigenvalue weighted by atomic mass is 9.88. The van der Waals surface area contributed by atoms with Crippen LogP contribution < -0.4 is 15.8 Å². The molecule has 2 atom stereocenters. The zero-order chi connectivity index (χ0) is 25.9. The Balaban J connectivity index is 1.97. The molecule has 3 rings (SSSR count). The van der Waals surface area contributed by atoms with Crippen LogP contribution in [-0.4, -0.2) is 23.9 Å². The molecule has 0 bridgehead atoms. The lowest BCUT2D eigenvalue weighted by Crippen LogP contribution is -2.37. The lowest BCUT2D eigenvalue weighted by Gasteiger charge is -2.21. The van der Waals surface area contributed by atoms with E-state index in [2.05, 4.69) is 69.0 Å². The van der Waals surface area contributed by atoms with E-state index in [0.717, 1.165) is 0 Å². The molecule has 2 unspecified atom stereocenters. The molecule has 4 N–H and O–H groups in total. The number of nitrogens with one attached hydrogen (secondary N) is 1. The second kappa shape index (κ2) is 12.2. The molecule has 35 heavy (non-hydrogen) atoms. The Morgan fingerprint density at radius 1 is 1.03 bits per heavy atom. The molecule has 0 spiro atoms. The van der Waals surface area contributed by atoms with Gasteiger partial charge in [-0.2, -0.15) is 0 Å². The topological polar surface area (TPSA) is 102 Å². The van der Waals surface area contributed by atoms with Gasteiger partial charge in [0.2, 0.25) is 5.91 Å². The molecular formula is C24H19Br4ClN2O4. The third kappa shape index (κ3) is 6.87. The Hall–Kier alpha value is -1.43. The fraction of sp³-hybridized carbons (Fsp3) is 0.167. The first-order valence-electron chi connectivity index (χ1n) is 10.1. The Bertz CT molecular complexity index is 1240. The van der Waals surface area contributed by atoms with Gasteiger partial charge in [-0.3, -0.25) is 9.59 Å². The first-order valence-corrected chi connectivity index (χ1v) is 13.6. The summed E-state index contributed by atoms with van der Waals surface area (Å²) in [4.78, 5) is 26.9. The molecule has 11 heteroatoms. The van der Waals surface area contributed by atoms with Crippen molar-refractivity contribution in [3.8, 4) is 11.5 Å². The number of phenolic OH excluding ortho intramolecular Hbond substituents is 1. The summed E-state index contributed by atoms with van der Waals surface area (Å²) in [5.41, 5.74) is 7.90. The number of amides is 1. The highest BCUT2D eigenvalue weighted by molar-refractivity contribution is 9.11. The fourth-order valence-electron chi connectivity index (χ4n) is 3.43. The molecule has 1 amide bonds. The molecule has 184 valence electrons. The number of ketones is 1. The van der Waals surface area contributed by atoms with Crippen molar-refractivity contribution in [2.75, 3.05) is 12.4 Å². The smallest absolute Gasteiger partial charge is 0.235 e. The van der Waals surface area contributed by atoms with Crippen LogP contribution in [0.25, 0.3) is 0 Å². The normalized spacial score (nSPS) is 12.7. The summed E-state index contributed by atoms with van der Waals surface area (Å²) in [6.45, 7) is 0. The van der Waals surface area contributed by atoms with Crippen LogP contribution in [0.1, 0.15) is 17.2 Å². The summed E-state index contributed by atoms with van der Waals surface area (Å²) in [7, 11) is 1.54. The van der Waals surface area contributed by atoms with E-state index in [1.54, 1.807) is 43.5 Å². The highest BCUT2D eigenvalue weighted by Crippen LogP contribution is 2.37. The highest BCUT2D eigenvalue weighted by Gasteiger charge is 2.32. The van der Waals surface area contributed by atoms with Crippen LogP contribution in [0.2, 0.25) is 5.02 Å². The molecule has 0 aliphatic carbocycles. The number of benzene rings is 3. The van der Waals surface area contributed by atoms with Gasteiger partial charge in [0.25, 0.3) is 0 Å². The summed E-state index contributed by atoms with van der Waals surface area (Å²) >= 11 is 19.5. The maximum Gasteiger partial charge on any atom is 0.235 e. The van der Waals surface area contributed by atoms with Gasteiger partial charge < -0.3 is 20.9 Å². The van der Waals surface area contributed by atoms with E-state index in [1.807, 2.05) is 0 Å². The summed E-state index contributed by atoms with van der Waals surface area (Å²) in [5.74, 6) is -1.55. The van der Waals surface area contributed by atoms with Gasteiger partial charge in [-0.15, -0.1) is 0 Å². The number of aromatic hydroxyl groups is 1. The third-order valence-corrected chi connectivity index (χ3v) is 7.78. The molecule has 3 aromatic carbocycles. The van der Waals surface area contributed by atoms with Crippen LogP contribution in [-0.2, 0) is 16.0 Å². The monoisotopic (exact) mass is 750 g/mol. The van der Waals surface area contributed by atoms with Crippen LogP contribution in [0.15, 0.2) is 66.4 Å². The largest absolute Gasteiger partial charge is 0.506 e. The molecule has 3 aromatic rings. The average molecular weight is 754 g/mol. The second-order valence-electron chi connectivity index (χ2n) is 7.56. The summed E-state index contributed by atoms with van der Waals surface area (Å²) in [6, 6.07) is 12.3. The third-order valence-electron chi connectivity index (χ3n) is 5.16.